The van der Waals surface area contributed by atoms with E-state index >= 15 is 0 Å². The van der Waals surface area contributed by atoms with Crippen LogP contribution in [0.1, 0.15) is 29.5 Å². The number of alkyl halides is 3. The van der Waals surface area contributed by atoms with E-state index in [0.717, 1.165) is 25.0 Å². The third kappa shape index (κ3) is 5.43. The average molecular weight is 530 g/mol. The van der Waals surface area contributed by atoms with Crippen LogP contribution in [0.4, 0.5) is 41.0 Å². The Hall–Kier alpha value is -3.94. The third-order valence-corrected chi connectivity index (χ3v) is 6.83. The van der Waals surface area contributed by atoms with E-state index in [9.17, 15) is 23.1 Å². The Balaban J connectivity index is 1.42. The molecule has 2 heterocycles. The number of halogens is 3. The van der Waals surface area contributed by atoms with E-state index in [4.69, 9.17) is 11.5 Å². The molecule has 2 aromatic carbocycles. The number of carbonyl (C=O) groups is 1. The fraction of sp³-hybridized carbons (Fsp3) is 0.208. The highest BCUT2D eigenvalue weighted by atomic mass is 32.1. The second-order valence-electron chi connectivity index (χ2n) is 8.55. The number of aliphatic hydroxyl groups is 1. The lowest BCUT2D eigenvalue weighted by Crippen LogP contribution is -2.19. The number of nitrogens with zero attached hydrogens (tertiary/aromatic N) is 2. The van der Waals surface area contributed by atoms with Gasteiger partial charge in [0.2, 0.25) is 5.95 Å². The van der Waals surface area contributed by atoms with Gasteiger partial charge in [-0.1, -0.05) is 12.1 Å². The zero-order chi connectivity index (χ0) is 26.3. The summed E-state index contributed by atoms with van der Waals surface area (Å²) in [5, 5.41) is 18.9. The smallest absolute Gasteiger partial charge is 0.397 e. The number of carbonyl (C=O) groups excluding carboxylic acids is 1. The van der Waals surface area contributed by atoms with Gasteiger partial charge in [-0.25, -0.2) is 14.8 Å². The minimum absolute atomic E-state index is 0.203. The van der Waals surface area contributed by atoms with Gasteiger partial charge in [0.1, 0.15) is 11.1 Å². The van der Waals surface area contributed by atoms with E-state index in [1.54, 1.807) is 24.3 Å². The van der Waals surface area contributed by atoms with Gasteiger partial charge in [-0.3, -0.25) is 0 Å². The van der Waals surface area contributed by atoms with Crippen molar-refractivity contribution in [3.8, 4) is 11.3 Å². The molecule has 4 aromatic rings. The molecule has 13 heteroatoms. The highest BCUT2D eigenvalue weighted by Crippen LogP contribution is 2.41. The predicted molar refractivity (Wildman–Crippen MR) is 137 cm³/mol. The van der Waals surface area contributed by atoms with E-state index in [1.807, 2.05) is 0 Å². The minimum Gasteiger partial charge on any atom is -0.397 e. The maximum Gasteiger partial charge on any atom is 0.416 e. The van der Waals surface area contributed by atoms with Gasteiger partial charge in [-0.2, -0.15) is 13.2 Å². The van der Waals surface area contributed by atoms with Gasteiger partial charge in [0.15, 0.2) is 0 Å². The van der Waals surface area contributed by atoms with E-state index in [2.05, 4.69) is 25.9 Å². The van der Waals surface area contributed by atoms with Crippen molar-refractivity contribution in [3.05, 3.63) is 59.0 Å². The Morgan fingerprint density at radius 2 is 1.78 bits per heavy atom. The summed E-state index contributed by atoms with van der Waals surface area (Å²) in [6, 6.07) is 10.6. The van der Waals surface area contributed by atoms with Crippen LogP contribution in [0.2, 0.25) is 0 Å². The fourth-order valence-electron chi connectivity index (χ4n) is 3.72. The highest BCUT2D eigenvalue weighted by Gasteiger charge is 2.30. The van der Waals surface area contributed by atoms with Crippen LogP contribution < -0.4 is 27.4 Å². The number of amides is 2. The van der Waals surface area contributed by atoms with Crippen molar-refractivity contribution >= 4 is 50.6 Å². The summed E-state index contributed by atoms with van der Waals surface area (Å²) in [5.41, 5.74) is 13.2. The lowest BCUT2D eigenvalue weighted by Gasteiger charge is -2.12. The number of thiophene rings is 1. The van der Waals surface area contributed by atoms with Gasteiger partial charge in [0.05, 0.1) is 27.2 Å². The number of fused-ring (bicyclic) bond motifs is 1. The molecule has 0 spiro atoms. The number of aromatic nitrogens is 2. The number of nitrogens with two attached hydrogens (primary N) is 2. The molecule has 0 saturated heterocycles. The molecule has 192 valence electrons. The van der Waals surface area contributed by atoms with Gasteiger partial charge in [-0.15, -0.1) is 11.3 Å². The molecule has 0 radical (unpaired) electrons. The van der Waals surface area contributed by atoms with E-state index in [-0.39, 0.29) is 11.4 Å². The molecule has 1 atom stereocenters. The van der Waals surface area contributed by atoms with Crippen LogP contribution in [0.15, 0.2) is 48.5 Å². The molecule has 1 fully saturated rings. The molecule has 0 bridgehead atoms. The Morgan fingerprint density at radius 1 is 1.08 bits per heavy atom. The number of hydrogen-bond donors (Lipinski definition) is 6. The maximum absolute atomic E-state index is 12.8. The van der Waals surface area contributed by atoms with Crippen LogP contribution in [0.25, 0.3) is 21.5 Å². The molecule has 9 nitrogen and oxygen atoms in total. The molecular formula is C24H22F3N7O2S. The molecule has 2 amide bonds. The molecule has 2 aromatic heterocycles. The van der Waals surface area contributed by atoms with Crippen molar-refractivity contribution in [2.75, 3.05) is 21.7 Å². The van der Waals surface area contributed by atoms with Crippen LogP contribution in [0.3, 0.4) is 0 Å². The number of hydrogen-bond acceptors (Lipinski definition) is 8. The molecule has 1 unspecified atom stereocenters. The van der Waals surface area contributed by atoms with E-state index in [0.29, 0.717) is 44.0 Å². The third-order valence-electron chi connectivity index (χ3n) is 5.66. The van der Waals surface area contributed by atoms with E-state index < -0.39 is 24.0 Å². The quantitative estimate of drug-likeness (QED) is 0.190. The van der Waals surface area contributed by atoms with Gasteiger partial charge in [-0.05, 0) is 49.2 Å². The summed E-state index contributed by atoms with van der Waals surface area (Å²) >= 11 is 1.18. The second-order valence-corrected chi connectivity index (χ2v) is 9.59. The SMILES string of the molecule is Nc1c(C(N)O)sc2nc(NC3CC3)nc(-c3cccc(NC(=O)Nc4ccc(C(F)(F)F)cc4)c3)c12. The van der Waals surface area contributed by atoms with Crippen LogP contribution in [-0.2, 0) is 6.18 Å². The first-order valence-corrected chi connectivity index (χ1v) is 12.1. The Kier molecular flexibility index (Phi) is 6.35. The summed E-state index contributed by atoms with van der Waals surface area (Å²) in [7, 11) is 0. The van der Waals surface area contributed by atoms with Crippen molar-refractivity contribution in [1.82, 2.24) is 9.97 Å². The lowest BCUT2D eigenvalue weighted by atomic mass is 10.1. The average Bonchev–Trinajstić information content (AvgIpc) is 3.59. The molecule has 37 heavy (non-hydrogen) atoms. The summed E-state index contributed by atoms with van der Waals surface area (Å²) < 4.78 is 38.3. The first kappa shape index (κ1) is 24.7. The summed E-state index contributed by atoms with van der Waals surface area (Å²) in [4.78, 5) is 22.6. The van der Waals surface area contributed by atoms with Crippen LogP contribution in [-0.4, -0.2) is 27.1 Å². The zero-order valence-electron chi connectivity index (χ0n) is 19.1. The van der Waals surface area contributed by atoms with Crippen LogP contribution in [0.5, 0.6) is 0 Å². The minimum atomic E-state index is -4.46. The maximum atomic E-state index is 12.8. The zero-order valence-corrected chi connectivity index (χ0v) is 20.0. The fourth-order valence-corrected chi connectivity index (χ4v) is 4.70. The van der Waals surface area contributed by atoms with Gasteiger partial charge >= 0.3 is 12.2 Å². The van der Waals surface area contributed by atoms with Crippen LogP contribution >= 0.6 is 11.3 Å². The van der Waals surface area contributed by atoms with Gasteiger partial charge in [0.25, 0.3) is 0 Å². The lowest BCUT2D eigenvalue weighted by molar-refractivity contribution is -0.137. The molecule has 5 rings (SSSR count). The molecule has 1 aliphatic carbocycles. The molecular weight excluding hydrogens is 507 g/mol. The summed E-state index contributed by atoms with van der Waals surface area (Å²) in [6.07, 6.45) is -3.70. The Labute approximate surface area is 212 Å². The number of nitrogens with one attached hydrogen (secondary N) is 3. The predicted octanol–water partition coefficient (Wildman–Crippen LogP) is 5.13. The monoisotopic (exact) mass is 529 g/mol. The Morgan fingerprint density at radius 3 is 2.43 bits per heavy atom. The largest absolute Gasteiger partial charge is 0.416 e. The number of anilines is 4. The highest BCUT2D eigenvalue weighted by molar-refractivity contribution is 7.19. The molecule has 0 aliphatic heterocycles. The molecule has 1 aliphatic rings. The first-order valence-electron chi connectivity index (χ1n) is 11.2. The van der Waals surface area contributed by atoms with Crippen molar-refractivity contribution in [2.45, 2.75) is 31.3 Å². The van der Waals surface area contributed by atoms with Crippen molar-refractivity contribution < 1.29 is 23.1 Å². The number of urea groups is 1. The van der Waals surface area contributed by atoms with Crippen molar-refractivity contribution in [3.63, 3.8) is 0 Å². The standard InChI is InChI=1S/C24H22F3N7O2S/c25-24(26,27)12-4-6-14(7-5-12)31-23(36)32-15-3-1-2-11(10-15)18-16-17(28)19(20(29)35)37-21(16)34-22(33-18)30-13-8-9-13/h1-7,10,13,20,35H,8-9,28-29H2,(H,30,33,34)(H2,31,32,36). The number of aliphatic hydroxyl groups excluding tert-OH is 1. The molecule has 8 N–H and O–H groups in total. The topological polar surface area (TPSA) is 151 Å². The summed E-state index contributed by atoms with van der Waals surface area (Å²) in [6.45, 7) is 0. The first-order chi connectivity index (χ1) is 17.6. The normalized spacial score (nSPS) is 14.4. The van der Waals surface area contributed by atoms with E-state index in [1.165, 1.54) is 23.5 Å². The second kappa shape index (κ2) is 9.50. The van der Waals surface area contributed by atoms with Gasteiger partial charge < -0.3 is 32.5 Å². The number of rotatable bonds is 6. The van der Waals surface area contributed by atoms with Crippen molar-refractivity contribution in [2.24, 2.45) is 5.73 Å². The number of nitrogen functional groups attached to an aromatic ring is 1. The summed E-state index contributed by atoms with van der Waals surface area (Å²) in [5.74, 6) is 0.419. The Bertz CT molecular complexity index is 1470. The van der Waals surface area contributed by atoms with Crippen molar-refractivity contribution in [1.29, 1.82) is 0 Å². The van der Waals surface area contributed by atoms with Crippen LogP contribution in [0, 0.1) is 0 Å². The van der Waals surface area contributed by atoms with Gasteiger partial charge in [0, 0.05) is 23.0 Å². The molecule has 1 saturated carbocycles. The number of benzene rings is 2.